The van der Waals surface area contributed by atoms with Crippen LogP contribution in [0.2, 0.25) is 0 Å². The van der Waals surface area contributed by atoms with Gasteiger partial charge < -0.3 is 25.8 Å². The summed E-state index contributed by atoms with van der Waals surface area (Å²) in [7, 11) is 1.00. The number of aliphatic hydroxyl groups is 2. The molecule has 3 aromatic carbocycles. The van der Waals surface area contributed by atoms with Crippen LogP contribution in [-0.4, -0.2) is 28.4 Å². The number of nitrogens with two attached hydrogens (primary N) is 1. The first kappa shape index (κ1) is 25.1. The van der Waals surface area contributed by atoms with Crippen LogP contribution in [0, 0.1) is 0 Å². The molecule has 6 heteroatoms. The SMILES string of the molecule is CC(C)(O)c1cc(COc2ccccc2CC(=O)O)cc(-c2cccc(CN)c2)c1.CO. The molecule has 0 aliphatic rings. The predicted octanol–water partition coefficient (Wildman–Crippen LogP) is 3.85. The number of aliphatic hydroxyl groups excluding tert-OH is 1. The Morgan fingerprint density at radius 3 is 2.28 bits per heavy atom. The summed E-state index contributed by atoms with van der Waals surface area (Å²) >= 11 is 0. The quantitative estimate of drug-likeness (QED) is 0.426. The van der Waals surface area contributed by atoms with Gasteiger partial charge in [-0.1, -0.05) is 36.4 Å². The second kappa shape index (κ2) is 11.4. The second-order valence-corrected chi connectivity index (χ2v) is 7.85. The first-order chi connectivity index (χ1) is 15.3. The molecule has 0 heterocycles. The number of carboxylic acid groups (broad SMARTS) is 1. The van der Waals surface area contributed by atoms with Gasteiger partial charge in [-0.25, -0.2) is 0 Å². The monoisotopic (exact) mass is 437 g/mol. The Kier molecular flexibility index (Phi) is 8.96. The highest BCUT2D eigenvalue weighted by Crippen LogP contribution is 2.30. The van der Waals surface area contributed by atoms with Crippen LogP contribution in [0.25, 0.3) is 11.1 Å². The molecule has 0 bridgehead atoms. The number of para-hydroxylation sites is 1. The van der Waals surface area contributed by atoms with Crippen LogP contribution in [0.4, 0.5) is 0 Å². The van der Waals surface area contributed by atoms with Crippen LogP contribution in [0.15, 0.2) is 66.7 Å². The lowest BCUT2D eigenvalue weighted by atomic mass is 9.91. The molecule has 0 unspecified atom stereocenters. The summed E-state index contributed by atoms with van der Waals surface area (Å²) < 4.78 is 5.96. The maximum absolute atomic E-state index is 11.1. The molecule has 0 aliphatic carbocycles. The van der Waals surface area contributed by atoms with Gasteiger partial charge in [-0.05, 0) is 72.0 Å². The minimum atomic E-state index is -1.02. The number of hydrogen-bond acceptors (Lipinski definition) is 5. The summed E-state index contributed by atoms with van der Waals surface area (Å²) in [4.78, 5) is 11.1. The van der Waals surface area contributed by atoms with Gasteiger partial charge in [0.25, 0.3) is 0 Å². The number of hydrogen-bond donors (Lipinski definition) is 4. The van der Waals surface area contributed by atoms with Crippen LogP contribution in [0.3, 0.4) is 0 Å². The standard InChI is InChI=1S/C25H27NO4.CH4O/c1-25(2,29)22-12-18(11-21(13-22)19-8-5-6-17(10-19)15-26)16-30-23-9-4-3-7-20(23)14-24(27)28;1-2/h3-13,29H,14-16,26H2,1-2H3,(H,27,28);2H,1H3. The Labute approximate surface area is 188 Å². The summed E-state index contributed by atoms with van der Waals surface area (Å²) in [5.74, 6) is -0.364. The first-order valence-corrected chi connectivity index (χ1v) is 10.3. The molecule has 170 valence electrons. The van der Waals surface area contributed by atoms with Crippen molar-refractivity contribution in [3.63, 3.8) is 0 Å². The Balaban J connectivity index is 0.00000176. The van der Waals surface area contributed by atoms with E-state index < -0.39 is 11.6 Å². The predicted molar refractivity (Wildman–Crippen MR) is 125 cm³/mol. The van der Waals surface area contributed by atoms with Crippen molar-refractivity contribution >= 4 is 5.97 Å². The Bertz CT molecular complexity index is 1040. The van der Waals surface area contributed by atoms with Crippen LogP contribution in [0.5, 0.6) is 5.75 Å². The lowest BCUT2D eigenvalue weighted by Crippen LogP contribution is -2.16. The van der Waals surface area contributed by atoms with Gasteiger partial charge in [0.15, 0.2) is 0 Å². The molecule has 0 saturated carbocycles. The Morgan fingerprint density at radius 2 is 1.62 bits per heavy atom. The zero-order valence-electron chi connectivity index (χ0n) is 18.7. The topological polar surface area (TPSA) is 113 Å². The van der Waals surface area contributed by atoms with E-state index >= 15 is 0 Å². The highest BCUT2D eigenvalue weighted by molar-refractivity contribution is 5.71. The van der Waals surface area contributed by atoms with Crippen molar-refractivity contribution in [1.29, 1.82) is 0 Å². The molecule has 32 heavy (non-hydrogen) atoms. The fourth-order valence-corrected chi connectivity index (χ4v) is 3.29. The number of ether oxygens (including phenoxy) is 1. The van der Waals surface area contributed by atoms with E-state index in [0.717, 1.165) is 34.9 Å². The highest BCUT2D eigenvalue weighted by Gasteiger charge is 2.18. The smallest absolute Gasteiger partial charge is 0.307 e. The minimum absolute atomic E-state index is 0.100. The molecule has 6 nitrogen and oxygen atoms in total. The maximum Gasteiger partial charge on any atom is 0.307 e. The molecular formula is C26H31NO5. The molecule has 0 saturated heterocycles. The van der Waals surface area contributed by atoms with E-state index in [1.54, 1.807) is 32.0 Å². The van der Waals surface area contributed by atoms with Crippen LogP contribution < -0.4 is 10.5 Å². The van der Waals surface area contributed by atoms with Gasteiger partial charge in [0.2, 0.25) is 0 Å². The third-order valence-corrected chi connectivity index (χ3v) is 4.90. The number of aliphatic carboxylic acids is 1. The van der Waals surface area contributed by atoms with Gasteiger partial charge in [0, 0.05) is 19.2 Å². The number of carboxylic acids is 1. The average Bonchev–Trinajstić information content (AvgIpc) is 2.79. The highest BCUT2D eigenvalue weighted by atomic mass is 16.5. The lowest BCUT2D eigenvalue weighted by Gasteiger charge is -2.21. The Morgan fingerprint density at radius 1 is 0.938 bits per heavy atom. The summed E-state index contributed by atoms with van der Waals surface area (Å²) in [6, 6.07) is 21.0. The van der Waals surface area contributed by atoms with Gasteiger partial charge in [-0.2, -0.15) is 0 Å². The van der Waals surface area contributed by atoms with E-state index in [-0.39, 0.29) is 13.0 Å². The van der Waals surface area contributed by atoms with E-state index in [9.17, 15) is 9.90 Å². The Hall–Kier alpha value is -3.19. The van der Waals surface area contributed by atoms with Crippen molar-refractivity contribution in [2.24, 2.45) is 5.73 Å². The molecule has 0 amide bonds. The number of benzene rings is 3. The van der Waals surface area contributed by atoms with Crippen LogP contribution >= 0.6 is 0 Å². The first-order valence-electron chi connectivity index (χ1n) is 10.3. The lowest BCUT2D eigenvalue weighted by molar-refractivity contribution is -0.136. The van der Waals surface area contributed by atoms with Gasteiger partial charge >= 0.3 is 5.97 Å². The van der Waals surface area contributed by atoms with E-state index in [2.05, 4.69) is 0 Å². The molecule has 0 atom stereocenters. The van der Waals surface area contributed by atoms with Crippen molar-refractivity contribution < 1.29 is 24.9 Å². The van der Waals surface area contributed by atoms with E-state index in [1.807, 2.05) is 48.5 Å². The molecule has 5 N–H and O–H groups in total. The maximum atomic E-state index is 11.1. The molecule has 0 fully saturated rings. The third kappa shape index (κ3) is 6.92. The molecular weight excluding hydrogens is 406 g/mol. The fourth-order valence-electron chi connectivity index (χ4n) is 3.29. The summed E-state index contributed by atoms with van der Waals surface area (Å²) in [5.41, 5.74) is 10.0. The molecule has 0 aromatic heterocycles. The van der Waals surface area contributed by atoms with Crippen molar-refractivity contribution in [3.05, 3.63) is 89.0 Å². The van der Waals surface area contributed by atoms with E-state index in [4.69, 9.17) is 20.7 Å². The van der Waals surface area contributed by atoms with E-state index in [1.165, 1.54) is 0 Å². The van der Waals surface area contributed by atoms with E-state index in [0.29, 0.717) is 17.9 Å². The van der Waals surface area contributed by atoms with Crippen LogP contribution in [-0.2, 0) is 30.0 Å². The zero-order valence-corrected chi connectivity index (χ0v) is 18.7. The van der Waals surface area contributed by atoms with Gasteiger partial charge in [-0.3, -0.25) is 4.79 Å². The summed E-state index contributed by atoms with van der Waals surface area (Å²) in [6.07, 6.45) is -0.100. The molecule has 3 aromatic rings. The van der Waals surface area contributed by atoms with Crippen molar-refractivity contribution in [1.82, 2.24) is 0 Å². The molecule has 3 rings (SSSR count). The molecule has 0 aliphatic heterocycles. The molecule has 0 spiro atoms. The summed E-state index contributed by atoms with van der Waals surface area (Å²) in [6.45, 7) is 4.20. The average molecular weight is 438 g/mol. The van der Waals surface area contributed by atoms with Crippen LogP contribution in [0.1, 0.15) is 36.1 Å². The zero-order chi connectivity index (χ0) is 23.7. The third-order valence-electron chi connectivity index (χ3n) is 4.90. The van der Waals surface area contributed by atoms with Gasteiger partial charge in [0.1, 0.15) is 12.4 Å². The summed E-state index contributed by atoms with van der Waals surface area (Å²) in [5, 5.41) is 26.7. The molecule has 0 radical (unpaired) electrons. The normalized spacial score (nSPS) is 10.8. The van der Waals surface area contributed by atoms with Crippen molar-refractivity contribution in [2.75, 3.05) is 7.11 Å². The number of carbonyl (C=O) groups is 1. The second-order valence-electron chi connectivity index (χ2n) is 7.85. The van der Waals surface area contributed by atoms with Gasteiger partial charge in [0.05, 0.1) is 12.0 Å². The van der Waals surface area contributed by atoms with Gasteiger partial charge in [-0.15, -0.1) is 0 Å². The minimum Gasteiger partial charge on any atom is -0.489 e. The fraction of sp³-hybridized carbons (Fsp3) is 0.269. The van der Waals surface area contributed by atoms with Crippen molar-refractivity contribution in [3.8, 4) is 16.9 Å². The number of rotatable bonds is 8. The largest absolute Gasteiger partial charge is 0.489 e. The van der Waals surface area contributed by atoms with Crippen molar-refractivity contribution in [2.45, 2.75) is 39.0 Å².